The van der Waals surface area contributed by atoms with E-state index in [2.05, 4.69) is 20.8 Å². The second-order valence-corrected chi connectivity index (χ2v) is 6.01. The predicted molar refractivity (Wildman–Crippen MR) is 77.3 cm³/mol. The van der Waals surface area contributed by atoms with Gasteiger partial charge in [-0.25, -0.2) is 4.79 Å². The van der Waals surface area contributed by atoms with Crippen molar-refractivity contribution in [3.8, 4) is 0 Å². The highest BCUT2D eigenvalue weighted by Crippen LogP contribution is 2.22. The predicted octanol–water partition coefficient (Wildman–Crippen LogP) is -1.71. The zero-order valence-corrected chi connectivity index (χ0v) is 12.0. The summed E-state index contributed by atoms with van der Waals surface area (Å²) in [6.45, 7) is 0. The van der Waals surface area contributed by atoms with E-state index in [4.69, 9.17) is 5.73 Å². The van der Waals surface area contributed by atoms with Gasteiger partial charge >= 0.3 is 6.03 Å². The third-order valence-corrected chi connectivity index (χ3v) is 4.16. The van der Waals surface area contributed by atoms with E-state index >= 15 is 0 Å². The van der Waals surface area contributed by atoms with Crippen LogP contribution in [0.4, 0.5) is 4.79 Å². The smallest absolute Gasteiger partial charge is 0.318 e. The molecule has 2 fully saturated rings. The molecule has 21 heavy (non-hydrogen) atoms. The number of nitrogens with two attached hydrogens (primary N) is 1. The first-order chi connectivity index (χ1) is 9.94. The molecule has 0 aromatic carbocycles. The topological polar surface area (TPSA) is 155 Å². The van der Waals surface area contributed by atoms with Crippen LogP contribution in [-0.4, -0.2) is 45.1 Å². The molecule has 0 saturated carbocycles. The molecule has 0 bridgehead atoms. The number of amidine groups is 2. The molecule has 112 valence electrons. The van der Waals surface area contributed by atoms with Crippen molar-refractivity contribution in [1.29, 1.82) is 0 Å². The number of nitrogens with zero attached hydrogens (tertiary/aromatic N) is 2. The van der Waals surface area contributed by atoms with Crippen molar-refractivity contribution in [1.82, 2.24) is 16.0 Å². The van der Waals surface area contributed by atoms with E-state index in [0.29, 0.717) is 5.17 Å². The lowest BCUT2D eigenvalue weighted by molar-refractivity contribution is -0.124. The van der Waals surface area contributed by atoms with E-state index in [1.807, 2.05) is 5.32 Å². The van der Waals surface area contributed by atoms with Crippen LogP contribution in [0.25, 0.3) is 0 Å². The van der Waals surface area contributed by atoms with Crippen molar-refractivity contribution < 1.29 is 19.2 Å². The van der Waals surface area contributed by atoms with Gasteiger partial charge < -0.3 is 16.4 Å². The summed E-state index contributed by atoms with van der Waals surface area (Å²) < 4.78 is 0. The Bertz CT molecular complexity index is 575. The van der Waals surface area contributed by atoms with Gasteiger partial charge in [0.15, 0.2) is 10.3 Å². The highest BCUT2D eigenvalue weighted by molar-refractivity contribution is 8.15. The fourth-order valence-corrected chi connectivity index (χ4v) is 2.96. The molecule has 0 aliphatic carbocycles. The molecule has 10 nitrogen and oxygen atoms in total. The van der Waals surface area contributed by atoms with Crippen LogP contribution in [0.2, 0.25) is 0 Å². The van der Waals surface area contributed by atoms with Gasteiger partial charge in [-0.15, -0.1) is 10.2 Å². The van der Waals surface area contributed by atoms with E-state index < -0.39 is 23.1 Å². The second kappa shape index (κ2) is 6.58. The summed E-state index contributed by atoms with van der Waals surface area (Å²) in [7, 11) is 0. The van der Waals surface area contributed by atoms with Crippen LogP contribution in [0.5, 0.6) is 0 Å². The number of urea groups is 1. The zero-order valence-electron chi connectivity index (χ0n) is 10.4. The molecule has 0 spiro atoms. The Morgan fingerprint density at radius 2 is 2.00 bits per heavy atom. The number of thioether (sulfide) groups is 2. The summed E-state index contributed by atoms with van der Waals surface area (Å²) in [4.78, 5) is 44.4. The maximum Gasteiger partial charge on any atom is 0.318 e. The first-order valence-corrected chi connectivity index (χ1v) is 7.45. The Labute approximate surface area is 126 Å². The van der Waals surface area contributed by atoms with Crippen LogP contribution >= 0.6 is 23.5 Å². The van der Waals surface area contributed by atoms with Gasteiger partial charge in [-0.1, -0.05) is 23.5 Å². The summed E-state index contributed by atoms with van der Waals surface area (Å²) in [5, 5.41) is 14.2. The number of rotatable bonds is 3. The molecule has 2 saturated heterocycles. The molecule has 0 aromatic heterocycles. The number of hydrogen-bond donors (Lipinski definition) is 4. The van der Waals surface area contributed by atoms with E-state index in [0.717, 1.165) is 11.8 Å². The van der Waals surface area contributed by atoms with Gasteiger partial charge in [-0.2, -0.15) is 0 Å². The highest BCUT2D eigenvalue weighted by Gasteiger charge is 2.32. The molecule has 2 aliphatic heterocycles. The number of primary amides is 1. The van der Waals surface area contributed by atoms with Crippen LogP contribution in [0.1, 0.15) is 6.42 Å². The minimum atomic E-state index is -0.974. The quantitative estimate of drug-likeness (QED) is 0.452. The number of nitrogens with one attached hydrogen (secondary N) is 3. The van der Waals surface area contributed by atoms with E-state index in [1.165, 1.54) is 11.8 Å². The average molecular weight is 330 g/mol. The monoisotopic (exact) mass is 330 g/mol. The third-order valence-electron chi connectivity index (χ3n) is 2.23. The standard InChI is InChI=1S/C9H10N6O4S2/c10-7(19)11-4(16)1-3-6(18)13-9(21-3)15-14-8-12-5(17)2-20-8/h3H,1-2H2,(H,12,14,17)(H,13,15,18)(H3,10,11,16,19). The zero-order chi connectivity index (χ0) is 15.4. The minimum Gasteiger partial charge on any atom is -0.351 e. The van der Waals surface area contributed by atoms with Crippen LogP contribution in [0.15, 0.2) is 10.2 Å². The van der Waals surface area contributed by atoms with Crippen LogP contribution < -0.4 is 21.7 Å². The SMILES string of the molecule is NC(=O)NC(=O)CC1SC(=NN=C2NC(=O)CS2)NC1=O. The average Bonchev–Trinajstić information content (AvgIpc) is 2.93. The second-order valence-electron chi connectivity index (χ2n) is 3.86. The summed E-state index contributed by atoms with van der Waals surface area (Å²) >= 11 is 2.20. The van der Waals surface area contributed by atoms with Gasteiger partial charge in [0.25, 0.3) is 0 Å². The maximum atomic E-state index is 11.6. The molecular weight excluding hydrogens is 320 g/mol. The van der Waals surface area contributed by atoms with Gasteiger partial charge in [0.1, 0.15) is 5.25 Å². The molecular formula is C9H10N6O4S2. The molecule has 0 aromatic rings. The Hall–Kier alpha value is -2.08. The van der Waals surface area contributed by atoms with Gasteiger partial charge in [-0.3, -0.25) is 19.7 Å². The molecule has 5 N–H and O–H groups in total. The Balaban J connectivity index is 1.91. The third kappa shape index (κ3) is 4.46. The molecule has 2 rings (SSSR count). The molecule has 1 unspecified atom stereocenters. The number of amides is 5. The fourth-order valence-electron chi connectivity index (χ4n) is 1.41. The fraction of sp³-hybridized carbons (Fsp3) is 0.333. The largest absolute Gasteiger partial charge is 0.351 e. The summed E-state index contributed by atoms with van der Waals surface area (Å²) in [6.07, 6.45) is -0.208. The van der Waals surface area contributed by atoms with Gasteiger partial charge in [0.2, 0.25) is 17.7 Å². The summed E-state index contributed by atoms with van der Waals surface area (Å²) in [5.74, 6) is -0.954. The van der Waals surface area contributed by atoms with E-state index in [1.54, 1.807) is 0 Å². The lowest BCUT2D eigenvalue weighted by Gasteiger charge is -2.03. The Kier molecular flexibility index (Phi) is 4.80. The number of imide groups is 1. The first-order valence-electron chi connectivity index (χ1n) is 5.59. The molecule has 2 aliphatic rings. The molecule has 0 radical (unpaired) electrons. The minimum absolute atomic E-state index is 0.164. The Morgan fingerprint density at radius 3 is 2.62 bits per heavy atom. The van der Waals surface area contributed by atoms with Crippen molar-refractivity contribution in [2.75, 3.05) is 5.75 Å². The van der Waals surface area contributed by atoms with E-state index in [9.17, 15) is 19.2 Å². The number of hydrogen-bond acceptors (Lipinski definition) is 8. The number of carbonyl (C=O) groups is 4. The van der Waals surface area contributed by atoms with Gasteiger partial charge in [0.05, 0.1) is 5.75 Å². The van der Waals surface area contributed by atoms with Crippen molar-refractivity contribution in [2.45, 2.75) is 11.7 Å². The highest BCUT2D eigenvalue weighted by atomic mass is 32.2. The maximum absolute atomic E-state index is 11.6. The molecule has 5 amide bonds. The van der Waals surface area contributed by atoms with Crippen LogP contribution in [0, 0.1) is 0 Å². The van der Waals surface area contributed by atoms with Crippen molar-refractivity contribution in [3.63, 3.8) is 0 Å². The van der Waals surface area contributed by atoms with Crippen molar-refractivity contribution >= 4 is 57.6 Å². The lowest BCUT2D eigenvalue weighted by atomic mass is 10.3. The van der Waals surface area contributed by atoms with Crippen molar-refractivity contribution in [3.05, 3.63) is 0 Å². The first kappa shape index (κ1) is 15.3. The van der Waals surface area contributed by atoms with Crippen LogP contribution in [-0.2, 0) is 14.4 Å². The van der Waals surface area contributed by atoms with Crippen molar-refractivity contribution in [2.24, 2.45) is 15.9 Å². The van der Waals surface area contributed by atoms with Gasteiger partial charge in [-0.05, 0) is 0 Å². The molecule has 2 heterocycles. The molecule has 1 atom stereocenters. The molecule has 12 heteroatoms. The normalized spacial score (nSPS) is 25.0. The number of carbonyl (C=O) groups excluding carboxylic acids is 4. The summed E-state index contributed by atoms with van der Waals surface area (Å²) in [5.41, 5.74) is 4.80. The Morgan fingerprint density at radius 1 is 1.29 bits per heavy atom. The van der Waals surface area contributed by atoms with Gasteiger partial charge in [0, 0.05) is 6.42 Å². The van der Waals surface area contributed by atoms with E-state index in [-0.39, 0.29) is 23.2 Å². The summed E-state index contributed by atoms with van der Waals surface area (Å²) in [6, 6.07) is -0.974. The lowest BCUT2D eigenvalue weighted by Crippen LogP contribution is -2.37. The van der Waals surface area contributed by atoms with Crippen LogP contribution in [0.3, 0.4) is 0 Å².